The van der Waals surface area contributed by atoms with Crippen molar-refractivity contribution in [3.8, 4) is 11.5 Å². The van der Waals surface area contributed by atoms with Crippen molar-refractivity contribution in [3.05, 3.63) is 94.7 Å². The molecule has 0 aliphatic carbocycles. The van der Waals surface area contributed by atoms with Gasteiger partial charge in [-0.3, -0.25) is 9.69 Å². The zero-order chi connectivity index (χ0) is 24.0. The van der Waals surface area contributed by atoms with Crippen LogP contribution >= 0.6 is 0 Å². The van der Waals surface area contributed by atoms with Crippen LogP contribution in [0, 0.1) is 0 Å². The number of hydrogen-bond donors (Lipinski definition) is 0. The van der Waals surface area contributed by atoms with E-state index in [0.29, 0.717) is 19.6 Å². The minimum Gasteiger partial charge on any atom is -0.468 e. The Hall–Kier alpha value is -3.35. The summed E-state index contributed by atoms with van der Waals surface area (Å²) in [5.41, 5.74) is 1.81. The average Bonchev–Trinajstić information content (AvgIpc) is 3.38. The Morgan fingerprint density at radius 1 is 0.886 bits per heavy atom. The summed E-state index contributed by atoms with van der Waals surface area (Å²) in [6.45, 7) is 5.01. The van der Waals surface area contributed by atoms with Gasteiger partial charge >= 0.3 is 0 Å². The first kappa shape index (κ1) is 23.4. The SMILES string of the molecule is CN(Cc1ccco1)Cc1cc2cc(Oc3ccccc3)ccc2n(CCN2CCCCC2)c1=O. The molecule has 5 rings (SSSR count). The van der Waals surface area contributed by atoms with Gasteiger partial charge in [-0.25, -0.2) is 0 Å². The third-order valence-corrected chi connectivity index (χ3v) is 6.65. The van der Waals surface area contributed by atoms with Gasteiger partial charge in [0.2, 0.25) is 0 Å². The van der Waals surface area contributed by atoms with Gasteiger partial charge in [-0.2, -0.15) is 0 Å². The number of para-hydroxylation sites is 1. The van der Waals surface area contributed by atoms with Crippen molar-refractivity contribution in [2.75, 3.05) is 26.7 Å². The number of likely N-dealkylation sites (tertiary alicyclic amines) is 1. The number of aromatic nitrogens is 1. The zero-order valence-corrected chi connectivity index (χ0v) is 20.4. The molecule has 35 heavy (non-hydrogen) atoms. The predicted molar refractivity (Wildman–Crippen MR) is 139 cm³/mol. The fourth-order valence-electron chi connectivity index (χ4n) is 4.89. The molecule has 0 amide bonds. The lowest BCUT2D eigenvalue weighted by Gasteiger charge is -2.27. The quantitative estimate of drug-likeness (QED) is 0.322. The van der Waals surface area contributed by atoms with Gasteiger partial charge in [-0.1, -0.05) is 24.6 Å². The van der Waals surface area contributed by atoms with Crippen molar-refractivity contribution < 1.29 is 9.15 Å². The molecule has 182 valence electrons. The molecular formula is C29H33N3O3. The summed E-state index contributed by atoms with van der Waals surface area (Å²) < 4.78 is 13.5. The number of benzene rings is 2. The average molecular weight is 472 g/mol. The molecule has 2 aromatic heterocycles. The molecule has 1 fully saturated rings. The van der Waals surface area contributed by atoms with E-state index >= 15 is 0 Å². The Labute approximate surface area is 206 Å². The minimum atomic E-state index is 0.0810. The third-order valence-electron chi connectivity index (χ3n) is 6.65. The maximum atomic E-state index is 13.6. The van der Waals surface area contributed by atoms with Crippen LogP contribution in [0.15, 0.2) is 82.2 Å². The highest BCUT2D eigenvalue weighted by Crippen LogP contribution is 2.26. The maximum Gasteiger partial charge on any atom is 0.255 e. The summed E-state index contributed by atoms with van der Waals surface area (Å²) in [5.74, 6) is 2.45. The van der Waals surface area contributed by atoms with Gasteiger partial charge in [0.1, 0.15) is 17.3 Å². The summed E-state index contributed by atoms with van der Waals surface area (Å²) in [5, 5.41) is 1.01. The molecule has 0 atom stereocenters. The van der Waals surface area contributed by atoms with Crippen molar-refractivity contribution >= 4 is 10.9 Å². The number of pyridine rings is 1. The van der Waals surface area contributed by atoms with Crippen molar-refractivity contribution in [1.29, 1.82) is 0 Å². The lowest BCUT2D eigenvalue weighted by Crippen LogP contribution is -2.36. The number of fused-ring (bicyclic) bond motifs is 1. The Morgan fingerprint density at radius 3 is 2.49 bits per heavy atom. The van der Waals surface area contributed by atoms with E-state index in [1.54, 1.807) is 6.26 Å². The molecule has 0 unspecified atom stereocenters. The molecule has 6 heteroatoms. The smallest absolute Gasteiger partial charge is 0.255 e. The van der Waals surface area contributed by atoms with E-state index in [4.69, 9.17) is 9.15 Å². The summed E-state index contributed by atoms with van der Waals surface area (Å²) in [6.07, 6.45) is 5.48. The molecule has 0 bridgehead atoms. The van der Waals surface area contributed by atoms with Crippen LogP contribution in [0.1, 0.15) is 30.6 Å². The molecule has 1 saturated heterocycles. The predicted octanol–water partition coefficient (Wildman–Crippen LogP) is 5.50. The Balaban J connectivity index is 1.45. The molecule has 0 saturated carbocycles. The van der Waals surface area contributed by atoms with Gasteiger partial charge in [0.15, 0.2) is 0 Å². The van der Waals surface area contributed by atoms with Crippen molar-refractivity contribution in [1.82, 2.24) is 14.4 Å². The van der Waals surface area contributed by atoms with E-state index in [1.165, 1.54) is 19.3 Å². The van der Waals surface area contributed by atoms with E-state index in [2.05, 4.69) is 9.80 Å². The van der Waals surface area contributed by atoms with Crippen LogP contribution in [0.4, 0.5) is 0 Å². The van der Waals surface area contributed by atoms with Crippen LogP contribution in [0.25, 0.3) is 10.9 Å². The molecule has 2 aromatic carbocycles. The molecule has 4 aromatic rings. The first-order valence-electron chi connectivity index (χ1n) is 12.5. The lowest BCUT2D eigenvalue weighted by molar-refractivity contribution is 0.220. The number of rotatable bonds is 9. The second kappa shape index (κ2) is 10.9. The highest BCUT2D eigenvalue weighted by molar-refractivity contribution is 5.81. The van der Waals surface area contributed by atoms with Crippen LogP contribution in [0.2, 0.25) is 0 Å². The van der Waals surface area contributed by atoms with Gasteiger partial charge in [0.25, 0.3) is 5.56 Å². The summed E-state index contributed by atoms with van der Waals surface area (Å²) in [4.78, 5) is 18.2. The van der Waals surface area contributed by atoms with Crippen molar-refractivity contribution in [2.24, 2.45) is 0 Å². The molecule has 6 nitrogen and oxygen atoms in total. The monoisotopic (exact) mass is 471 g/mol. The van der Waals surface area contributed by atoms with Crippen LogP contribution < -0.4 is 10.3 Å². The van der Waals surface area contributed by atoms with E-state index in [0.717, 1.165) is 53.4 Å². The largest absolute Gasteiger partial charge is 0.468 e. The molecule has 0 radical (unpaired) electrons. The fourth-order valence-corrected chi connectivity index (χ4v) is 4.89. The molecular weight excluding hydrogens is 438 g/mol. The second-order valence-corrected chi connectivity index (χ2v) is 9.42. The number of piperidine rings is 1. The van der Waals surface area contributed by atoms with Gasteiger partial charge in [-0.05, 0) is 81.5 Å². The van der Waals surface area contributed by atoms with E-state index in [1.807, 2.05) is 78.3 Å². The first-order valence-corrected chi connectivity index (χ1v) is 12.5. The fraction of sp³-hybridized carbons (Fsp3) is 0.345. The molecule has 1 aliphatic heterocycles. The topological polar surface area (TPSA) is 50.9 Å². The van der Waals surface area contributed by atoms with Crippen molar-refractivity contribution in [2.45, 2.75) is 38.9 Å². The number of nitrogens with zero attached hydrogens (tertiary/aromatic N) is 3. The molecule has 0 N–H and O–H groups in total. The number of hydrogen-bond acceptors (Lipinski definition) is 5. The third kappa shape index (κ3) is 5.84. The van der Waals surface area contributed by atoms with Gasteiger partial charge < -0.3 is 18.6 Å². The molecule has 3 heterocycles. The highest BCUT2D eigenvalue weighted by atomic mass is 16.5. The van der Waals surface area contributed by atoms with E-state index in [9.17, 15) is 4.79 Å². The van der Waals surface area contributed by atoms with Crippen molar-refractivity contribution in [3.63, 3.8) is 0 Å². The first-order chi connectivity index (χ1) is 17.2. The van der Waals surface area contributed by atoms with Crippen LogP contribution in [-0.4, -0.2) is 41.0 Å². The normalized spacial score (nSPS) is 14.6. The van der Waals surface area contributed by atoms with Crippen LogP contribution in [-0.2, 0) is 19.6 Å². The minimum absolute atomic E-state index is 0.0810. The summed E-state index contributed by atoms with van der Waals surface area (Å²) in [6, 6.07) is 21.7. The number of ether oxygens (including phenoxy) is 1. The van der Waals surface area contributed by atoms with E-state index in [-0.39, 0.29) is 5.56 Å². The summed E-state index contributed by atoms with van der Waals surface area (Å²) >= 11 is 0. The van der Waals surface area contributed by atoms with Crippen LogP contribution in [0.3, 0.4) is 0 Å². The number of furan rings is 1. The summed E-state index contributed by atoms with van der Waals surface area (Å²) in [7, 11) is 2.01. The van der Waals surface area contributed by atoms with Gasteiger partial charge in [-0.15, -0.1) is 0 Å². The van der Waals surface area contributed by atoms with Gasteiger partial charge in [0.05, 0.1) is 18.3 Å². The lowest BCUT2D eigenvalue weighted by atomic mass is 10.1. The standard InChI is InChI=1S/C29H33N3O3/c1-30(22-27-11-8-18-34-27)21-24-19-23-20-26(35-25-9-4-2-5-10-25)12-13-28(23)32(29(24)33)17-16-31-14-6-3-7-15-31/h2,4-5,8-13,18-20H,3,6-7,14-17,21-22H2,1H3. The zero-order valence-electron chi connectivity index (χ0n) is 20.4. The van der Waals surface area contributed by atoms with Crippen LogP contribution in [0.5, 0.6) is 11.5 Å². The van der Waals surface area contributed by atoms with Gasteiger partial charge in [0, 0.05) is 30.6 Å². The Bertz CT molecular complexity index is 1290. The highest BCUT2D eigenvalue weighted by Gasteiger charge is 2.15. The maximum absolute atomic E-state index is 13.6. The Kier molecular flexibility index (Phi) is 7.31. The molecule has 0 spiro atoms. The Morgan fingerprint density at radius 2 is 1.71 bits per heavy atom. The second-order valence-electron chi connectivity index (χ2n) is 9.42. The van der Waals surface area contributed by atoms with E-state index < -0.39 is 0 Å². The molecule has 1 aliphatic rings.